The molecule has 0 bridgehead atoms. The number of aromatic nitrogens is 1. The molecule has 0 radical (unpaired) electrons. The van der Waals surface area contributed by atoms with Crippen LogP contribution in [0.5, 0.6) is 0 Å². The number of rotatable bonds is 11. The van der Waals surface area contributed by atoms with Gasteiger partial charge in [0.15, 0.2) is 5.58 Å². The molecule has 0 atom stereocenters. The number of carbonyl (C=O) groups excluding carboxylic acids is 3. The van der Waals surface area contributed by atoms with E-state index in [1.165, 1.54) is 37.1 Å². The average Bonchev–Trinajstić information content (AvgIpc) is 3.49. The Kier molecular flexibility index (Phi) is 14.5. The molecule has 240 valence electrons. The van der Waals surface area contributed by atoms with E-state index in [1.807, 2.05) is 25.7 Å². The predicted molar refractivity (Wildman–Crippen MR) is 174 cm³/mol. The molecule has 1 saturated heterocycles. The third kappa shape index (κ3) is 9.45. The summed E-state index contributed by atoms with van der Waals surface area (Å²) < 4.78 is 18.9. The van der Waals surface area contributed by atoms with Gasteiger partial charge in [0.1, 0.15) is 19.4 Å². The summed E-state index contributed by atoms with van der Waals surface area (Å²) in [5.41, 5.74) is 3.49. The fraction of sp³-hybridized carbons (Fsp3) is 0.543. The van der Waals surface area contributed by atoms with Gasteiger partial charge in [-0.15, -0.1) is 0 Å². The van der Waals surface area contributed by atoms with E-state index in [4.69, 9.17) is 14.1 Å². The van der Waals surface area contributed by atoms with E-state index < -0.39 is 0 Å². The first kappa shape index (κ1) is 34.9. The molecule has 1 saturated carbocycles. The summed E-state index contributed by atoms with van der Waals surface area (Å²) in [5, 5.41) is 8.53. The van der Waals surface area contributed by atoms with Gasteiger partial charge in [0, 0.05) is 47.8 Å². The molecule has 2 fully saturated rings. The van der Waals surface area contributed by atoms with Gasteiger partial charge in [-0.3, -0.25) is 4.79 Å². The summed E-state index contributed by atoms with van der Waals surface area (Å²) in [7, 11) is 0. The summed E-state index contributed by atoms with van der Waals surface area (Å²) in [6, 6.07) is 13.1. The minimum Gasteiger partial charge on any atom is -0.372 e. The number of amides is 1. The van der Waals surface area contributed by atoms with Gasteiger partial charge < -0.3 is 29.2 Å². The lowest BCUT2D eigenvalue weighted by Crippen LogP contribution is -2.38. The molecule has 3 aromatic rings. The Balaban J connectivity index is 0.00000127. The molecule has 0 spiro atoms. The molecule has 1 aliphatic heterocycles. The van der Waals surface area contributed by atoms with E-state index in [1.54, 1.807) is 6.07 Å². The average molecular weight is 609 g/mol. The van der Waals surface area contributed by atoms with Crippen molar-refractivity contribution in [2.45, 2.75) is 83.6 Å². The number of anilines is 1. The van der Waals surface area contributed by atoms with Gasteiger partial charge in [0.2, 0.25) is 0 Å². The lowest BCUT2D eigenvalue weighted by Gasteiger charge is -2.34. The van der Waals surface area contributed by atoms with Crippen LogP contribution in [0.15, 0.2) is 47.0 Å². The molecule has 5 rings (SSSR count). The fourth-order valence-electron chi connectivity index (χ4n) is 6.62. The minimum atomic E-state index is -0.284. The molecule has 0 unspecified atom stereocenters. The highest BCUT2D eigenvalue weighted by Crippen LogP contribution is 2.34. The number of piperidine rings is 1. The second-order valence-electron chi connectivity index (χ2n) is 11.8. The minimum absolute atomic E-state index is 0.0560. The second-order valence-corrected chi connectivity index (χ2v) is 11.8. The second kappa shape index (κ2) is 18.3. The lowest BCUT2D eigenvalue weighted by atomic mass is 9.83. The van der Waals surface area contributed by atoms with Crippen molar-refractivity contribution in [2.75, 3.05) is 37.6 Å². The zero-order valence-electron chi connectivity index (χ0n) is 26.4. The van der Waals surface area contributed by atoms with Crippen molar-refractivity contribution in [1.29, 1.82) is 0 Å². The van der Waals surface area contributed by atoms with Gasteiger partial charge in [-0.1, -0.05) is 19.0 Å². The largest absolute Gasteiger partial charge is 0.372 e. The summed E-state index contributed by atoms with van der Waals surface area (Å²) >= 11 is 0. The van der Waals surface area contributed by atoms with Crippen LogP contribution >= 0.6 is 0 Å². The maximum Gasteiger partial charge on any atom is 0.251 e. The highest BCUT2D eigenvalue weighted by molar-refractivity contribution is 5.94. The highest BCUT2D eigenvalue weighted by atomic mass is 19.1. The number of nitrogens with zero attached hydrogens (tertiary/aromatic N) is 3. The predicted octanol–water partition coefficient (Wildman–Crippen LogP) is 6.78. The van der Waals surface area contributed by atoms with Gasteiger partial charge >= 0.3 is 0 Å². The number of likely N-dealkylation sites (tertiary alicyclic amines) is 1. The molecular weight excluding hydrogens is 559 g/mol. The van der Waals surface area contributed by atoms with Crippen LogP contribution in [0.1, 0.15) is 93.6 Å². The summed E-state index contributed by atoms with van der Waals surface area (Å²) in [4.78, 5) is 33.9. The number of hydrogen-bond acceptors (Lipinski definition) is 7. The molecular formula is C35H49FN4O4. The van der Waals surface area contributed by atoms with E-state index in [2.05, 4.69) is 46.3 Å². The fourth-order valence-corrected chi connectivity index (χ4v) is 6.62. The van der Waals surface area contributed by atoms with E-state index in [9.17, 15) is 9.18 Å². The van der Waals surface area contributed by atoms with E-state index in [-0.39, 0.29) is 17.8 Å². The molecule has 2 aliphatic rings. The smallest absolute Gasteiger partial charge is 0.251 e. The molecule has 1 aromatic heterocycles. The van der Waals surface area contributed by atoms with Crippen molar-refractivity contribution in [1.82, 2.24) is 15.4 Å². The number of fused-ring (bicyclic) bond motifs is 1. The molecule has 44 heavy (non-hydrogen) atoms. The first-order valence-electron chi connectivity index (χ1n) is 16.0. The van der Waals surface area contributed by atoms with Crippen molar-refractivity contribution >= 4 is 36.1 Å². The van der Waals surface area contributed by atoms with Crippen LogP contribution < -0.4 is 10.2 Å². The van der Waals surface area contributed by atoms with Crippen molar-refractivity contribution in [3.05, 3.63) is 59.5 Å². The van der Waals surface area contributed by atoms with Crippen LogP contribution in [-0.4, -0.2) is 68.3 Å². The van der Waals surface area contributed by atoms with Crippen molar-refractivity contribution in [3.8, 4) is 0 Å². The Labute approximate surface area is 261 Å². The highest BCUT2D eigenvalue weighted by Gasteiger charge is 2.27. The molecule has 1 aliphatic carbocycles. The third-order valence-corrected chi connectivity index (χ3v) is 8.95. The zero-order valence-corrected chi connectivity index (χ0v) is 26.4. The van der Waals surface area contributed by atoms with Crippen LogP contribution in [0.25, 0.3) is 11.0 Å². The van der Waals surface area contributed by atoms with Gasteiger partial charge in [0.05, 0.1) is 5.69 Å². The number of hydrogen-bond donors (Lipinski definition) is 1. The van der Waals surface area contributed by atoms with Gasteiger partial charge in [-0.05, 0) is 120 Å². The SMILES string of the molecule is C=O.C=O.CCCN(CCC)c1ccc(C(=O)NC2CCC(CCN3CCC(c4noc5cc(F)ccc45)CC3)CC2)cc1. The summed E-state index contributed by atoms with van der Waals surface area (Å²) in [5.74, 6) is 0.890. The number of nitrogens with one attached hydrogen (secondary N) is 1. The van der Waals surface area contributed by atoms with E-state index in [0.717, 1.165) is 93.8 Å². The molecule has 2 heterocycles. The van der Waals surface area contributed by atoms with Gasteiger partial charge in [-0.2, -0.15) is 0 Å². The molecule has 8 nitrogen and oxygen atoms in total. The van der Waals surface area contributed by atoms with Crippen LogP contribution in [-0.2, 0) is 9.59 Å². The standard InChI is InChI=1S/C33H45FN4O2.2CH2O/c1-3-18-38(19-4-2)29-12-7-26(8-13-29)33(39)35-28-10-5-24(6-11-28)15-20-37-21-16-25(17-22-37)32-30-14-9-27(34)23-31(30)40-36-32;2*1-2/h7-9,12-14,23-25,28H,3-6,10-11,15-22H2,1-2H3,(H,35,39);2*1H2. The first-order chi connectivity index (χ1) is 21.5. The van der Waals surface area contributed by atoms with Crippen molar-refractivity contribution in [3.63, 3.8) is 0 Å². The van der Waals surface area contributed by atoms with Crippen LogP contribution in [0.3, 0.4) is 0 Å². The molecule has 1 amide bonds. The normalized spacial score (nSPS) is 18.9. The lowest BCUT2D eigenvalue weighted by molar-refractivity contribution is -0.0987. The monoisotopic (exact) mass is 608 g/mol. The molecule has 2 aromatic carbocycles. The topological polar surface area (TPSA) is 95.8 Å². The molecule has 9 heteroatoms. The Bertz CT molecular complexity index is 1260. The summed E-state index contributed by atoms with van der Waals surface area (Å²) in [6.07, 6.45) is 10.1. The van der Waals surface area contributed by atoms with Gasteiger partial charge in [0.25, 0.3) is 5.91 Å². The first-order valence-corrected chi connectivity index (χ1v) is 16.0. The maximum atomic E-state index is 13.5. The van der Waals surface area contributed by atoms with Crippen LogP contribution in [0.4, 0.5) is 10.1 Å². The van der Waals surface area contributed by atoms with Crippen LogP contribution in [0.2, 0.25) is 0 Å². The summed E-state index contributed by atoms with van der Waals surface area (Å²) in [6.45, 7) is 13.8. The van der Waals surface area contributed by atoms with Crippen LogP contribution in [0, 0.1) is 11.7 Å². The van der Waals surface area contributed by atoms with E-state index >= 15 is 0 Å². The number of halogens is 1. The Morgan fingerprint density at radius 3 is 2.20 bits per heavy atom. The number of carbonyl (C=O) groups is 3. The quantitative estimate of drug-likeness (QED) is 0.256. The van der Waals surface area contributed by atoms with Gasteiger partial charge in [-0.25, -0.2) is 4.39 Å². The Morgan fingerprint density at radius 2 is 1.59 bits per heavy atom. The Morgan fingerprint density at radius 1 is 0.955 bits per heavy atom. The maximum absolute atomic E-state index is 13.5. The zero-order chi connectivity index (χ0) is 31.9. The van der Waals surface area contributed by atoms with Crippen molar-refractivity contribution in [2.24, 2.45) is 5.92 Å². The number of benzene rings is 2. The molecule has 1 N–H and O–H groups in total. The van der Waals surface area contributed by atoms with Crippen molar-refractivity contribution < 1.29 is 23.3 Å². The third-order valence-electron chi connectivity index (χ3n) is 8.95. The van der Waals surface area contributed by atoms with E-state index in [0.29, 0.717) is 11.5 Å². The Hall–Kier alpha value is -3.59.